The zero-order valence-electron chi connectivity index (χ0n) is 14.1. The van der Waals surface area contributed by atoms with Crippen molar-refractivity contribution >= 4 is 41.3 Å². The predicted octanol–water partition coefficient (Wildman–Crippen LogP) is 3.90. The fourth-order valence-electron chi connectivity index (χ4n) is 2.00. The summed E-state index contributed by atoms with van der Waals surface area (Å²) in [6.45, 7) is 10.6. The Bertz CT molecular complexity index is 437. The molecule has 0 saturated heterocycles. The zero-order chi connectivity index (χ0) is 15.2. The van der Waals surface area contributed by atoms with Crippen molar-refractivity contribution in [3.8, 4) is 0 Å². The minimum Gasteiger partial charge on any atom is -0.356 e. The van der Waals surface area contributed by atoms with Crippen molar-refractivity contribution in [2.75, 3.05) is 20.6 Å². The molecule has 0 amide bonds. The monoisotopic (exact) mass is 424 g/mol. The Labute approximate surface area is 150 Å². The van der Waals surface area contributed by atoms with E-state index in [1.807, 2.05) is 21.0 Å². The maximum Gasteiger partial charge on any atom is 0.193 e. The van der Waals surface area contributed by atoms with Gasteiger partial charge in [-0.3, -0.25) is 4.99 Å². The number of hydrogen-bond acceptors (Lipinski definition) is 3. The number of aliphatic imine (C=N–C) groups is 1. The van der Waals surface area contributed by atoms with E-state index in [1.165, 1.54) is 6.42 Å². The fourth-order valence-corrected chi connectivity index (χ4v) is 2.61. The lowest BCUT2D eigenvalue weighted by Crippen LogP contribution is -2.39. The van der Waals surface area contributed by atoms with Crippen LogP contribution in [0.25, 0.3) is 0 Å². The molecule has 1 aromatic rings. The van der Waals surface area contributed by atoms with Gasteiger partial charge in [0.2, 0.25) is 0 Å². The summed E-state index contributed by atoms with van der Waals surface area (Å²) in [5.74, 6) is 0.935. The van der Waals surface area contributed by atoms with Gasteiger partial charge in [0.05, 0.1) is 17.2 Å². The van der Waals surface area contributed by atoms with Gasteiger partial charge in [-0.15, -0.1) is 35.3 Å². The first-order chi connectivity index (χ1) is 9.31. The van der Waals surface area contributed by atoms with Crippen molar-refractivity contribution in [1.82, 2.24) is 15.2 Å². The summed E-state index contributed by atoms with van der Waals surface area (Å²) in [5.41, 5.74) is 1.50. The Morgan fingerprint density at radius 1 is 1.43 bits per heavy atom. The minimum atomic E-state index is 0. The van der Waals surface area contributed by atoms with E-state index in [4.69, 9.17) is 0 Å². The van der Waals surface area contributed by atoms with Crippen LogP contribution in [0.5, 0.6) is 0 Å². The topological polar surface area (TPSA) is 40.5 Å². The summed E-state index contributed by atoms with van der Waals surface area (Å²) < 4.78 is 0. The number of guanidine groups is 1. The van der Waals surface area contributed by atoms with E-state index in [0.717, 1.165) is 36.2 Å². The molecule has 0 bridgehead atoms. The summed E-state index contributed by atoms with van der Waals surface area (Å²) in [7, 11) is 3.88. The van der Waals surface area contributed by atoms with Crippen LogP contribution in [0.2, 0.25) is 0 Å². The van der Waals surface area contributed by atoms with E-state index in [2.05, 4.69) is 46.3 Å². The minimum absolute atomic E-state index is 0. The lowest BCUT2D eigenvalue weighted by atomic mass is 9.91. The van der Waals surface area contributed by atoms with Gasteiger partial charge in [0.25, 0.3) is 0 Å². The molecule has 0 aliphatic rings. The van der Waals surface area contributed by atoms with Crippen LogP contribution in [0.1, 0.15) is 44.3 Å². The van der Waals surface area contributed by atoms with Crippen molar-refractivity contribution in [1.29, 1.82) is 0 Å². The van der Waals surface area contributed by atoms with E-state index < -0.39 is 0 Å². The van der Waals surface area contributed by atoms with Crippen LogP contribution < -0.4 is 5.32 Å². The second kappa shape index (κ2) is 9.61. The van der Waals surface area contributed by atoms with Gasteiger partial charge in [-0.2, -0.15) is 0 Å². The molecule has 21 heavy (non-hydrogen) atoms. The van der Waals surface area contributed by atoms with Gasteiger partial charge in [-0.1, -0.05) is 20.8 Å². The highest BCUT2D eigenvalue weighted by Gasteiger charge is 2.11. The molecule has 0 radical (unpaired) electrons. The average Bonchev–Trinajstić information content (AvgIpc) is 2.73. The molecule has 1 rings (SSSR count). The van der Waals surface area contributed by atoms with E-state index in [-0.39, 0.29) is 24.0 Å². The highest BCUT2D eigenvalue weighted by atomic mass is 127. The van der Waals surface area contributed by atoms with Gasteiger partial charge in [-0.05, 0) is 25.2 Å². The van der Waals surface area contributed by atoms with Gasteiger partial charge >= 0.3 is 0 Å². The van der Waals surface area contributed by atoms with Gasteiger partial charge in [0.1, 0.15) is 0 Å². The quantitative estimate of drug-likeness (QED) is 0.337. The van der Waals surface area contributed by atoms with Gasteiger partial charge in [-0.25, -0.2) is 4.98 Å². The van der Waals surface area contributed by atoms with Gasteiger partial charge < -0.3 is 10.2 Å². The molecule has 0 aliphatic heterocycles. The van der Waals surface area contributed by atoms with Crippen LogP contribution in [0.4, 0.5) is 0 Å². The molecular formula is C15H29IN4S. The molecule has 0 fully saturated rings. The Hall–Kier alpha value is -0.370. The van der Waals surface area contributed by atoms with Crippen molar-refractivity contribution < 1.29 is 0 Å². The number of nitrogens with zero attached hydrogens (tertiary/aromatic N) is 3. The summed E-state index contributed by atoms with van der Waals surface area (Å²) in [4.78, 5) is 10.9. The molecule has 0 aromatic carbocycles. The molecule has 0 atom stereocenters. The van der Waals surface area contributed by atoms with Crippen LogP contribution in [0.3, 0.4) is 0 Å². The van der Waals surface area contributed by atoms with Crippen molar-refractivity contribution in [2.24, 2.45) is 10.4 Å². The van der Waals surface area contributed by atoms with Crippen LogP contribution in [-0.4, -0.2) is 36.5 Å². The Morgan fingerprint density at radius 3 is 2.57 bits per heavy atom. The largest absolute Gasteiger partial charge is 0.356 e. The second-order valence-corrected chi connectivity index (χ2v) is 7.41. The predicted molar refractivity (Wildman–Crippen MR) is 104 cm³/mol. The van der Waals surface area contributed by atoms with E-state index in [9.17, 15) is 0 Å². The molecule has 0 unspecified atom stereocenters. The molecule has 4 nitrogen and oxygen atoms in total. The van der Waals surface area contributed by atoms with Crippen LogP contribution >= 0.6 is 35.3 Å². The van der Waals surface area contributed by atoms with Crippen molar-refractivity contribution in [3.63, 3.8) is 0 Å². The zero-order valence-corrected chi connectivity index (χ0v) is 17.2. The SMILES string of the molecule is CN=C(NCCCC(C)(C)C)N(C)Cc1csc(C)n1.I. The highest BCUT2D eigenvalue weighted by molar-refractivity contribution is 14.0. The molecule has 1 heterocycles. The average molecular weight is 424 g/mol. The van der Waals surface area contributed by atoms with Crippen LogP contribution in [0, 0.1) is 12.3 Å². The molecule has 0 spiro atoms. The van der Waals surface area contributed by atoms with Crippen molar-refractivity contribution in [3.05, 3.63) is 16.1 Å². The molecule has 1 N–H and O–H groups in total. The van der Waals surface area contributed by atoms with E-state index in [0.29, 0.717) is 5.41 Å². The molecular weight excluding hydrogens is 395 g/mol. The van der Waals surface area contributed by atoms with E-state index in [1.54, 1.807) is 11.3 Å². The summed E-state index contributed by atoms with van der Waals surface area (Å²) >= 11 is 1.69. The molecule has 6 heteroatoms. The summed E-state index contributed by atoms with van der Waals surface area (Å²) in [6, 6.07) is 0. The third kappa shape index (κ3) is 8.60. The number of nitrogens with one attached hydrogen (secondary N) is 1. The normalized spacial score (nSPS) is 12.0. The second-order valence-electron chi connectivity index (χ2n) is 6.35. The fraction of sp³-hybridized carbons (Fsp3) is 0.733. The van der Waals surface area contributed by atoms with E-state index >= 15 is 0 Å². The highest BCUT2D eigenvalue weighted by Crippen LogP contribution is 2.19. The smallest absolute Gasteiger partial charge is 0.193 e. The first-order valence-corrected chi connectivity index (χ1v) is 8.02. The number of aryl methyl sites for hydroxylation is 1. The molecule has 0 aliphatic carbocycles. The number of thiazole rings is 1. The number of aromatic nitrogens is 1. The van der Waals surface area contributed by atoms with Crippen LogP contribution in [-0.2, 0) is 6.54 Å². The lowest BCUT2D eigenvalue weighted by Gasteiger charge is -2.22. The third-order valence-corrected chi connectivity index (χ3v) is 3.85. The van der Waals surface area contributed by atoms with Gasteiger partial charge in [0, 0.05) is 26.0 Å². The molecule has 0 saturated carbocycles. The molecule has 1 aromatic heterocycles. The first-order valence-electron chi connectivity index (χ1n) is 7.14. The van der Waals surface area contributed by atoms with Crippen LogP contribution in [0.15, 0.2) is 10.4 Å². The van der Waals surface area contributed by atoms with Gasteiger partial charge in [0.15, 0.2) is 5.96 Å². The number of halogens is 1. The first kappa shape index (κ1) is 20.6. The standard InChI is InChI=1S/C15H28N4S.HI/c1-12-18-13(11-20-12)10-19(6)14(16-5)17-9-7-8-15(2,3)4;/h11H,7-10H2,1-6H3,(H,16,17);1H. The van der Waals surface area contributed by atoms with Crippen molar-refractivity contribution in [2.45, 2.75) is 47.1 Å². The Morgan fingerprint density at radius 2 is 2.10 bits per heavy atom. The maximum absolute atomic E-state index is 4.49. The summed E-state index contributed by atoms with van der Waals surface area (Å²) in [6.07, 6.45) is 2.37. The third-order valence-electron chi connectivity index (χ3n) is 3.03. The summed E-state index contributed by atoms with van der Waals surface area (Å²) in [5, 5.41) is 6.64. The molecule has 122 valence electrons. The lowest BCUT2D eigenvalue weighted by molar-refractivity contribution is 0.363. The maximum atomic E-state index is 4.49. The number of hydrogen-bond donors (Lipinski definition) is 1. The Kier molecular flexibility index (Phi) is 9.44. The number of rotatable bonds is 5. The Balaban J connectivity index is 0.00000400.